The summed E-state index contributed by atoms with van der Waals surface area (Å²) in [6, 6.07) is 0. The Bertz CT molecular complexity index is 318. The zero-order chi connectivity index (χ0) is 14.6. The lowest BCUT2D eigenvalue weighted by Gasteiger charge is -2.50. The van der Waals surface area contributed by atoms with Gasteiger partial charge < -0.3 is 14.2 Å². The second-order valence-corrected chi connectivity index (χ2v) is 5.97. The van der Waals surface area contributed by atoms with Gasteiger partial charge in [0.15, 0.2) is 0 Å². The van der Waals surface area contributed by atoms with Crippen LogP contribution in [0.5, 0.6) is 0 Å². The van der Waals surface area contributed by atoms with E-state index in [1.807, 2.05) is 6.92 Å². The third-order valence-electron chi connectivity index (χ3n) is 4.26. The van der Waals surface area contributed by atoms with Crippen LogP contribution in [0.1, 0.15) is 40.0 Å². The van der Waals surface area contributed by atoms with Gasteiger partial charge in [-0.25, -0.2) is 0 Å². The molecule has 116 valence electrons. The molecule has 2 fully saturated rings. The Morgan fingerprint density at radius 1 is 1.25 bits per heavy atom. The first kappa shape index (κ1) is 15.7. The first-order valence-corrected chi connectivity index (χ1v) is 7.69. The highest BCUT2D eigenvalue weighted by Gasteiger charge is 2.45. The smallest absolute Gasteiger partial charge is 0.307 e. The maximum absolute atomic E-state index is 12.1. The molecule has 2 aliphatic heterocycles. The van der Waals surface area contributed by atoms with E-state index in [1.165, 1.54) is 0 Å². The monoisotopic (exact) mass is 285 g/mol. The summed E-state index contributed by atoms with van der Waals surface area (Å²) in [5.74, 6) is -0.0970. The SMILES string of the molecule is CCOC(=O)CC1(N2CCOCC2)CC(C)OC(C)C1. The second-order valence-electron chi connectivity index (χ2n) is 5.97. The van der Waals surface area contributed by atoms with E-state index in [1.54, 1.807) is 0 Å². The fraction of sp³-hybridized carbons (Fsp3) is 0.933. The van der Waals surface area contributed by atoms with Gasteiger partial charge in [-0.2, -0.15) is 0 Å². The fourth-order valence-corrected chi connectivity index (χ4v) is 3.68. The summed E-state index contributed by atoms with van der Waals surface area (Å²) in [7, 11) is 0. The molecular weight excluding hydrogens is 258 g/mol. The summed E-state index contributed by atoms with van der Waals surface area (Å²) in [4.78, 5) is 14.5. The molecule has 2 aliphatic rings. The van der Waals surface area contributed by atoms with Crippen LogP contribution in [0.2, 0.25) is 0 Å². The molecule has 0 N–H and O–H groups in total. The van der Waals surface area contributed by atoms with E-state index in [2.05, 4.69) is 18.7 Å². The Morgan fingerprint density at radius 3 is 2.40 bits per heavy atom. The van der Waals surface area contributed by atoms with Gasteiger partial charge in [0, 0.05) is 18.6 Å². The maximum Gasteiger partial charge on any atom is 0.307 e. The molecule has 0 aromatic carbocycles. The minimum Gasteiger partial charge on any atom is -0.466 e. The average Bonchev–Trinajstić information content (AvgIpc) is 2.38. The number of carbonyl (C=O) groups is 1. The van der Waals surface area contributed by atoms with Crippen molar-refractivity contribution in [3.05, 3.63) is 0 Å². The number of esters is 1. The van der Waals surface area contributed by atoms with Crippen LogP contribution in [0, 0.1) is 0 Å². The van der Waals surface area contributed by atoms with Gasteiger partial charge in [-0.3, -0.25) is 9.69 Å². The lowest BCUT2D eigenvalue weighted by atomic mass is 9.79. The predicted octanol–water partition coefficient (Wildman–Crippen LogP) is 1.60. The van der Waals surface area contributed by atoms with E-state index < -0.39 is 0 Å². The van der Waals surface area contributed by atoms with Crippen molar-refractivity contribution in [2.45, 2.75) is 57.8 Å². The van der Waals surface area contributed by atoms with Crippen molar-refractivity contribution in [3.63, 3.8) is 0 Å². The van der Waals surface area contributed by atoms with Crippen LogP contribution >= 0.6 is 0 Å². The summed E-state index contributed by atoms with van der Waals surface area (Å²) < 4.78 is 16.5. The van der Waals surface area contributed by atoms with Crippen molar-refractivity contribution in [1.29, 1.82) is 0 Å². The number of morpholine rings is 1. The molecule has 0 saturated carbocycles. The van der Waals surface area contributed by atoms with Crippen molar-refractivity contribution in [2.75, 3.05) is 32.9 Å². The average molecular weight is 285 g/mol. The zero-order valence-electron chi connectivity index (χ0n) is 12.9. The van der Waals surface area contributed by atoms with Crippen molar-refractivity contribution in [2.24, 2.45) is 0 Å². The van der Waals surface area contributed by atoms with Gasteiger partial charge >= 0.3 is 5.97 Å². The number of nitrogens with zero attached hydrogens (tertiary/aromatic N) is 1. The number of hydrogen-bond donors (Lipinski definition) is 0. The molecule has 0 bridgehead atoms. The first-order chi connectivity index (χ1) is 9.55. The fourth-order valence-electron chi connectivity index (χ4n) is 3.68. The lowest BCUT2D eigenvalue weighted by molar-refractivity contribution is -0.158. The van der Waals surface area contributed by atoms with Gasteiger partial charge in [-0.15, -0.1) is 0 Å². The minimum absolute atomic E-state index is 0.0970. The topological polar surface area (TPSA) is 48.0 Å². The number of rotatable bonds is 4. The standard InChI is InChI=1S/C15H27NO4/c1-4-19-14(17)11-15(16-5-7-18-8-6-16)9-12(2)20-13(3)10-15/h12-13H,4-11H2,1-3H3. The van der Waals surface area contributed by atoms with Gasteiger partial charge in [-0.05, 0) is 33.6 Å². The molecule has 0 amide bonds. The molecule has 5 nitrogen and oxygen atoms in total. The maximum atomic E-state index is 12.1. The van der Waals surface area contributed by atoms with Crippen molar-refractivity contribution in [3.8, 4) is 0 Å². The number of ether oxygens (including phenoxy) is 3. The molecule has 20 heavy (non-hydrogen) atoms. The Labute approximate surface area is 121 Å². The minimum atomic E-state index is -0.132. The van der Waals surface area contributed by atoms with Gasteiger partial charge in [0.25, 0.3) is 0 Å². The van der Waals surface area contributed by atoms with Crippen molar-refractivity contribution < 1.29 is 19.0 Å². The Morgan fingerprint density at radius 2 is 1.85 bits per heavy atom. The Hall–Kier alpha value is -0.650. The summed E-state index contributed by atoms with van der Waals surface area (Å²) in [6.07, 6.45) is 2.58. The Kier molecular flexibility index (Phi) is 5.41. The van der Waals surface area contributed by atoms with Crippen LogP contribution in [0.3, 0.4) is 0 Å². The van der Waals surface area contributed by atoms with Crippen LogP contribution in [-0.2, 0) is 19.0 Å². The summed E-state index contributed by atoms with van der Waals surface area (Å²) in [5, 5.41) is 0. The number of carbonyl (C=O) groups excluding carboxylic acids is 1. The molecule has 0 radical (unpaired) electrons. The molecule has 0 spiro atoms. The molecule has 2 heterocycles. The molecule has 2 atom stereocenters. The summed E-state index contributed by atoms with van der Waals surface area (Å²) in [5.41, 5.74) is -0.132. The highest BCUT2D eigenvalue weighted by Crippen LogP contribution is 2.37. The quantitative estimate of drug-likeness (QED) is 0.734. The van der Waals surface area contributed by atoms with Gasteiger partial charge in [-0.1, -0.05) is 0 Å². The van der Waals surface area contributed by atoms with Gasteiger partial charge in [0.2, 0.25) is 0 Å². The van der Waals surface area contributed by atoms with E-state index >= 15 is 0 Å². The van der Waals surface area contributed by atoms with Crippen molar-refractivity contribution >= 4 is 5.97 Å². The lowest BCUT2D eigenvalue weighted by Crippen LogP contribution is -2.59. The zero-order valence-corrected chi connectivity index (χ0v) is 12.9. The second kappa shape index (κ2) is 6.87. The number of hydrogen-bond acceptors (Lipinski definition) is 5. The third kappa shape index (κ3) is 3.71. The highest BCUT2D eigenvalue weighted by molar-refractivity contribution is 5.71. The van der Waals surface area contributed by atoms with Gasteiger partial charge in [0.1, 0.15) is 0 Å². The third-order valence-corrected chi connectivity index (χ3v) is 4.26. The van der Waals surface area contributed by atoms with Crippen LogP contribution in [0.25, 0.3) is 0 Å². The summed E-state index contributed by atoms with van der Waals surface area (Å²) in [6.45, 7) is 9.75. The molecule has 0 aromatic rings. The molecule has 2 saturated heterocycles. The predicted molar refractivity (Wildman–Crippen MR) is 75.6 cm³/mol. The van der Waals surface area contributed by atoms with Crippen LogP contribution in [0.15, 0.2) is 0 Å². The molecule has 0 aromatic heterocycles. The van der Waals surface area contributed by atoms with Crippen LogP contribution in [-0.4, -0.2) is 61.5 Å². The highest BCUT2D eigenvalue weighted by atomic mass is 16.5. The van der Waals surface area contributed by atoms with Crippen LogP contribution in [0.4, 0.5) is 0 Å². The first-order valence-electron chi connectivity index (χ1n) is 7.69. The van der Waals surface area contributed by atoms with Crippen molar-refractivity contribution in [1.82, 2.24) is 4.90 Å². The van der Waals surface area contributed by atoms with E-state index in [0.29, 0.717) is 13.0 Å². The summed E-state index contributed by atoms with van der Waals surface area (Å²) >= 11 is 0. The van der Waals surface area contributed by atoms with E-state index in [0.717, 1.165) is 39.1 Å². The van der Waals surface area contributed by atoms with E-state index in [-0.39, 0.29) is 23.7 Å². The largest absolute Gasteiger partial charge is 0.466 e. The van der Waals surface area contributed by atoms with Crippen LogP contribution < -0.4 is 0 Å². The molecule has 2 unspecified atom stereocenters. The molecule has 2 rings (SSSR count). The molecular formula is C15H27NO4. The van der Waals surface area contributed by atoms with E-state index in [9.17, 15) is 4.79 Å². The van der Waals surface area contributed by atoms with Gasteiger partial charge in [0.05, 0.1) is 38.4 Å². The normalized spacial score (nSPS) is 35.8. The molecule has 0 aliphatic carbocycles. The Balaban J connectivity index is 2.14. The molecule has 5 heteroatoms. The van der Waals surface area contributed by atoms with E-state index in [4.69, 9.17) is 14.2 Å².